The maximum absolute atomic E-state index is 6.38. The van der Waals surface area contributed by atoms with E-state index in [4.69, 9.17) is 14.6 Å². The molecule has 140 valence electrons. The van der Waals surface area contributed by atoms with Gasteiger partial charge in [0.25, 0.3) is 0 Å². The van der Waals surface area contributed by atoms with E-state index in [2.05, 4.69) is 57.3 Å². The minimum atomic E-state index is -0.247. The van der Waals surface area contributed by atoms with Crippen LogP contribution in [0.25, 0.3) is 0 Å². The standard InChI is InChI=1S/C23H19BrN2O2/c1-27-18-12-8-15(9-13-18)20-14-21-19-4-2-3-5-22(19)28-23(26(21)25-20)16-6-10-17(24)11-7-16/h2-13,21,23H,14H2,1H3/t21-,23+/m0/s1. The van der Waals surface area contributed by atoms with Crippen LogP contribution in [0.2, 0.25) is 0 Å². The number of nitrogens with zero attached hydrogens (tertiary/aromatic N) is 2. The highest BCUT2D eigenvalue weighted by molar-refractivity contribution is 9.10. The minimum Gasteiger partial charge on any atom is -0.497 e. The smallest absolute Gasteiger partial charge is 0.213 e. The van der Waals surface area contributed by atoms with Crippen molar-refractivity contribution in [3.63, 3.8) is 0 Å². The first-order chi connectivity index (χ1) is 13.7. The second-order valence-electron chi connectivity index (χ2n) is 6.93. The van der Waals surface area contributed by atoms with Crippen LogP contribution in [0.5, 0.6) is 11.5 Å². The van der Waals surface area contributed by atoms with Crippen LogP contribution in [0.15, 0.2) is 82.4 Å². The fourth-order valence-electron chi connectivity index (χ4n) is 3.84. The van der Waals surface area contributed by atoms with E-state index in [-0.39, 0.29) is 12.3 Å². The van der Waals surface area contributed by atoms with Gasteiger partial charge in [-0.25, -0.2) is 5.01 Å². The Morgan fingerprint density at radius 1 is 1.00 bits per heavy atom. The summed E-state index contributed by atoms with van der Waals surface area (Å²) >= 11 is 3.51. The third-order valence-corrected chi connectivity index (χ3v) is 5.81. The average Bonchev–Trinajstić information content (AvgIpc) is 3.20. The number of hydrazone groups is 1. The van der Waals surface area contributed by atoms with Crippen LogP contribution in [0.3, 0.4) is 0 Å². The van der Waals surface area contributed by atoms with E-state index >= 15 is 0 Å². The number of benzene rings is 3. The lowest BCUT2D eigenvalue weighted by molar-refractivity contribution is -0.0190. The van der Waals surface area contributed by atoms with E-state index in [1.54, 1.807) is 7.11 Å². The van der Waals surface area contributed by atoms with Gasteiger partial charge in [-0.3, -0.25) is 0 Å². The van der Waals surface area contributed by atoms with Crippen LogP contribution in [0.1, 0.15) is 35.4 Å². The number of fused-ring (bicyclic) bond motifs is 3. The van der Waals surface area contributed by atoms with Crippen LogP contribution < -0.4 is 9.47 Å². The fraction of sp³-hybridized carbons (Fsp3) is 0.174. The molecule has 28 heavy (non-hydrogen) atoms. The molecule has 2 atom stereocenters. The van der Waals surface area contributed by atoms with Gasteiger partial charge in [-0.15, -0.1) is 0 Å². The Bertz CT molecular complexity index is 1030. The molecule has 0 saturated carbocycles. The fourth-order valence-corrected chi connectivity index (χ4v) is 4.10. The lowest BCUT2D eigenvalue weighted by atomic mass is 9.96. The number of ether oxygens (including phenoxy) is 2. The molecule has 2 aliphatic heterocycles. The predicted molar refractivity (Wildman–Crippen MR) is 113 cm³/mol. The third kappa shape index (κ3) is 2.96. The van der Waals surface area contributed by atoms with Crippen molar-refractivity contribution in [2.45, 2.75) is 18.7 Å². The third-order valence-electron chi connectivity index (χ3n) is 5.28. The van der Waals surface area contributed by atoms with Gasteiger partial charge in [0.1, 0.15) is 11.5 Å². The van der Waals surface area contributed by atoms with Crippen LogP contribution >= 0.6 is 15.9 Å². The van der Waals surface area contributed by atoms with Gasteiger partial charge in [-0.1, -0.05) is 46.3 Å². The molecule has 5 heteroatoms. The monoisotopic (exact) mass is 434 g/mol. The molecule has 0 radical (unpaired) electrons. The highest BCUT2D eigenvalue weighted by Gasteiger charge is 2.40. The lowest BCUT2D eigenvalue weighted by Gasteiger charge is -2.38. The van der Waals surface area contributed by atoms with Gasteiger partial charge in [0.05, 0.1) is 18.9 Å². The van der Waals surface area contributed by atoms with Gasteiger partial charge in [0.15, 0.2) is 0 Å². The highest BCUT2D eigenvalue weighted by atomic mass is 79.9. The van der Waals surface area contributed by atoms with E-state index in [9.17, 15) is 0 Å². The molecule has 5 rings (SSSR count). The SMILES string of the molecule is COc1ccc(C2=NN3[C@@H](c4ccc(Br)cc4)Oc4ccccc4[C@@H]3C2)cc1. The lowest BCUT2D eigenvalue weighted by Crippen LogP contribution is -2.33. The summed E-state index contributed by atoms with van der Waals surface area (Å²) in [4.78, 5) is 0. The molecule has 3 aromatic rings. The van der Waals surface area contributed by atoms with Gasteiger partial charge in [0, 0.05) is 22.0 Å². The summed E-state index contributed by atoms with van der Waals surface area (Å²) in [5.74, 6) is 1.78. The number of rotatable bonds is 3. The average molecular weight is 435 g/mol. The Morgan fingerprint density at radius 2 is 1.75 bits per heavy atom. The number of hydrogen-bond acceptors (Lipinski definition) is 4. The zero-order valence-electron chi connectivity index (χ0n) is 15.4. The molecule has 0 aromatic heterocycles. The van der Waals surface area contributed by atoms with E-state index in [1.807, 2.05) is 36.4 Å². The number of methoxy groups -OCH3 is 1. The topological polar surface area (TPSA) is 34.1 Å². The molecule has 0 unspecified atom stereocenters. The van der Waals surface area contributed by atoms with Crippen LogP contribution in [0.4, 0.5) is 0 Å². The summed E-state index contributed by atoms with van der Waals surface area (Å²) in [5, 5.41) is 7.09. The normalized spacial score (nSPS) is 20.1. The molecular formula is C23H19BrN2O2. The molecule has 4 nitrogen and oxygen atoms in total. The van der Waals surface area contributed by atoms with Crippen molar-refractivity contribution in [2.24, 2.45) is 5.10 Å². The molecule has 0 saturated heterocycles. The summed E-state index contributed by atoms with van der Waals surface area (Å²) in [6.07, 6.45) is 0.600. The summed E-state index contributed by atoms with van der Waals surface area (Å²) in [7, 11) is 1.68. The van der Waals surface area contributed by atoms with Gasteiger partial charge in [-0.2, -0.15) is 5.10 Å². The first kappa shape index (κ1) is 17.3. The molecule has 0 bridgehead atoms. The minimum absolute atomic E-state index is 0.163. The number of hydrogen-bond donors (Lipinski definition) is 0. The maximum Gasteiger partial charge on any atom is 0.213 e. The molecule has 2 heterocycles. The van der Waals surface area contributed by atoms with Crippen LogP contribution in [0, 0.1) is 0 Å². The molecular weight excluding hydrogens is 416 g/mol. The molecule has 2 aliphatic rings. The summed E-state index contributed by atoms with van der Waals surface area (Å²) < 4.78 is 12.7. The van der Waals surface area contributed by atoms with E-state index in [0.717, 1.165) is 39.2 Å². The van der Waals surface area contributed by atoms with Gasteiger partial charge < -0.3 is 9.47 Å². The second-order valence-corrected chi connectivity index (χ2v) is 7.85. The van der Waals surface area contributed by atoms with Crippen LogP contribution in [-0.2, 0) is 0 Å². The summed E-state index contributed by atoms with van der Waals surface area (Å²) in [6, 6.07) is 24.8. The van der Waals surface area contributed by atoms with Crippen molar-refractivity contribution >= 4 is 21.6 Å². The van der Waals surface area contributed by atoms with Crippen molar-refractivity contribution in [1.29, 1.82) is 0 Å². The molecule has 0 spiro atoms. The zero-order chi connectivity index (χ0) is 19.1. The predicted octanol–water partition coefficient (Wildman–Crippen LogP) is 5.70. The van der Waals surface area contributed by atoms with Crippen LogP contribution in [-0.4, -0.2) is 17.8 Å². The van der Waals surface area contributed by atoms with Crippen molar-refractivity contribution in [2.75, 3.05) is 7.11 Å². The molecule has 0 aliphatic carbocycles. The van der Waals surface area contributed by atoms with Gasteiger partial charge >= 0.3 is 0 Å². The Labute approximate surface area is 172 Å². The molecule has 3 aromatic carbocycles. The molecule has 0 amide bonds. The van der Waals surface area contributed by atoms with E-state index in [0.29, 0.717) is 0 Å². The van der Waals surface area contributed by atoms with E-state index in [1.165, 1.54) is 5.56 Å². The van der Waals surface area contributed by atoms with Crippen molar-refractivity contribution in [1.82, 2.24) is 5.01 Å². The second kappa shape index (κ2) is 6.99. The first-order valence-electron chi connectivity index (χ1n) is 9.24. The Hall–Kier alpha value is -2.79. The van der Waals surface area contributed by atoms with Crippen molar-refractivity contribution in [3.05, 3.63) is 94.0 Å². The van der Waals surface area contributed by atoms with Gasteiger partial charge in [0.2, 0.25) is 6.23 Å². The number of para-hydroxylation sites is 1. The Balaban J connectivity index is 1.56. The highest BCUT2D eigenvalue weighted by Crippen LogP contribution is 2.47. The first-order valence-corrected chi connectivity index (χ1v) is 10.0. The molecule has 0 N–H and O–H groups in total. The number of halogens is 1. The maximum atomic E-state index is 6.38. The van der Waals surface area contributed by atoms with Crippen molar-refractivity contribution in [3.8, 4) is 11.5 Å². The van der Waals surface area contributed by atoms with Crippen molar-refractivity contribution < 1.29 is 9.47 Å². The largest absolute Gasteiger partial charge is 0.497 e. The summed E-state index contributed by atoms with van der Waals surface area (Å²) in [5.41, 5.74) is 4.45. The Kier molecular flexibility index (Phi) is 4.32. The zero-order valence-corrected chi connectivity index (χ0v) is 17.0. The van der Waals surface area contributed by atoms with E-state index < -0.39 is 0 Å². The quantitative estimate of drug-likeness (QED) is 0.529. The van der Waals surface area contributed by atoms with Gasteiger partial charge in [-0.05, 0) is 48.0 Å². The molecule has 0 fully saturated rings. The summed E-state index contributed by atoms with van der Waals surface area (Å²) in [6.45, 7) is 0. The Morgan fingerprint density at radius 3 is 2.50 bits per heavy atom.